The Labute approximate surface area is 212 Å². The van der Waals surface area contributed by atoms with E-state index in [0.717, 1.165) is 11.4 Å². The first-order chi connectivity index (χ1) is 18.1. The van der Waals surface area contributed by atoms with Gasteiger partial charge in [0.1, 0.15) is 5.82 Å². The number of anilines is 2. The van der Waals surface area contributed by atoms with E-state index in [-0.39, 0.29) is 17.9 Å². The number of amides is 2. The molecule has 0 radical (unpaired) electrons. The van der Waals surface area contributed by atoms with Crippen LogP contribution in [0.4, 0.5) is 11.5 Å². The number of pyridine rings is 1. The highest BCUT2D eigenvalue weighted by Crippen LogP contribution is 2.27. The first-order valence-corrected chi connectivity index (χ1v) is 12.1. The van der Waals surface area contributed by atoms with E-state index in [4.69, 9.17) is 14.5 Å². The molecule has 2 aliphatic heterocycles. The fourth-order valence-electron chi connectivity index (χ4n) is 4.27. The number of morpholine rings is 1. The maximum absolute atomic E-state index is 12.8. The molecule has 2 fully saturated rings. The fraction of sp³-hybridized carbons (Fsp3) is 0.269. The SMILES string of the molecule is O=C(Nc1cccc(-c2cc(N3CCOCC3)n3nc(C(=O)NC4COC4)cc3n2)c1)c1cccnc1. The molecule has 188 valence electrons. The van der Waals surface area contributed by atoms with Crippen molar-refractivity contribution in [2.45, 2.75) is 6.04 Å². The van der Waals surface area contributed by atoms with Crippen molar-refractivity contribution in [1.82, 2.24) is 24.9 Å². The molecule has 11 heteroatoms. The van der Waals surface area contributed by atoms with Crippen LogP contribution in [-0.2, 0) is 9.47 Å². The van der Waals surface area contributed by atoms with Gasteiger partial charge in [-0.3, -0.25) is 14.6 Å². The highest BCUT2D eigenvalue weighted by molar-refractivity contribution is 6.04. The highest BCUT2D eigenvalue weighted by atomic mass is 16.5. The molecule has 1 aromatic carbocycles. The van der Waals surface area contributed by atoms with Gasteiger partial charge >= 0.3 is 0 Å². The second-order valence-corrected chi connectivity index (χ2v) is 8.88. The molecule has 6 rings (SSSR count). The molecule has 37 heavy (non-hydrogen) atoms. The van der Waals surface area contributed by atoms with Crippen molar-refractivity contribution in [3.63, 3.8) is 0 Å². The van der Waals surface area contributed by atoms with Crippen molar-refractivity contribution in [3.8, 4) is 11.3 Å². The van der Waals surface area contributed by atoms with Crippen LogP contribution in [0.2, 0.25) is 0 Å². The van der Waals surface area contributed by atoms with E-state index in [1.54, 1.807) is 28.9 Å². The third-order valence-electron chi connectivity index (χ3n) is 6.29. The van der Waals surface area contributed by atoms with Crippen molar-refractivity contribution >= 4 is 29.0 Å². The topological polar surface area (TPSA) is 123 Å². The minimum absolute atomic E-state index is 0.00386. The van der Waals surface area contributed by atoms with Gasteiger partial charge in [0.05, 0.1) is 43.7 Å². The smallest absolute Gasteiger partial charge is 0.272 e. The van der Waals surface area contributed by atoms with E-state index in [1.807, 2.05) is 30.3 Å². The Morgan fingerprint density at radius 2 is 1.84 bits per heavy atom. The Morgan fingerprint density at radius 1 is 0.973 bits per heavy atom. The molecule has 2 amide bonds. The summed E-state index contributed by atoms with van der Waals surface area (Å²) in [7, 11) is 0. The van der Waals surface area contributed by atoms with Crippen LogP contribution in [0.25, 0.3) is 16.9 Å². The van der Waals surface area contributed by atoms with Crippen molar-refractivity contribution in [2.75, 3.05) is 49.7 Å². The summed E-state index contributed by atoms with van der Waals surface area (Å²) < 4.78 is 12.4. The van der Waals surface area contributed by atoms with Crippen molar-refractivity contribution in [1.29, 1.82) is 0 Å². The van der Waals surface area contributed by atoms with Crippen LogP contribution in [0, 0.1) is 0 Å². The standard InChI is InChI=1S/C26H25N7O4/c34-25(18-4-2-6-27-14-18)28-19-5-1-3-17(11-19)21-13-24(32-7-9-36-10-8-32)33-23(30-21)12-22(31-33)26(35)29-20-15-37-16-20/h1-6,11-14,20H,7-10,15-16H2,(H,28,34)(H,29,35). The third-order valence-corrected chi connectivity index (χ3v) is 6.29. The number of fused-ring (bicyclic) bond motifs is 1. The van der Waals surface area contributed by atoms with Gasteiger partial charge < -0.3 is 25.0 Å². The second-order valence-electron chi connectivity index (χ2n) is 8.88. The molecule has 0 spiro atoms. The molecule has 3 aromatic heterocycles. The van der Waals surface area contributed by atoms with Crippen LogP contribution < -0.4 is 15.5 Å². The van der Waals surface area contributed by atoms with Crippen molar-refractivity contribution in [3.05, 3.63) is 72.2 Å². The van der Waals surface area contributed by atoms with Crippen molar-refractivity contribution < 1.29 is 19.1 Å². The number of nitrogens with one attached hydrogen (secondary N) is 2. The van der Waals surface area contributed by atoms with Crippen molar-refractivity contribution in [2.24, 2.45) is 0 Å². The van der Waals surface area contributed by atoms with Gasteiger partial charge in [-0.15, -0.1) is 0 Å². The lowest BCUT2D eigenvalue weighted by atomic mass is 10.1. The molecule has 2 N–H and O–H groups in total. The lowest BCUT2D eigenvalue weighted by Gasteiger charge is -2.29. The molecule has 0 saturated carbocycles. The molecular weight excluding hydrogens is 474 g/mol. The molecule has 0 atom stereocenters. The average Bonchev–Trinajstić information content (AvgIpc) is 3.36. The molecule has 0 unspecified atom stereocenters. The van der Waals surface area contributed by atoms with Crippen LogP contribution in [0.5, 0.6) is 0 Å². The Morgan fingerprint density at radius 3 is 2.59 bits per heavy atom. The summed E-state index contributed by atoms with van der Waals surface area (Å²) in [5.41, 5.74) is 3.48. The summed E-state index contributed by atoms with van der Waals surface area (Å²) in [5, 5.41) is 10.4. The minimum atomic E-state index is -0.256. The van der Waals surface area contributed by atoms with E-state index in [0.29, 0.717) is 67.8 Å². The molecule has 0 aliphatic carbocycles. The van der Waals surface area contributed by atoms with Crippen LogP contribution >= 0.6 is 0 Å². The first kappa shape index (κ1) is 23.1. The highest BCUT2D eigenvalue weighted by Gasteiger charge is 2.24. The Kier molecular flexibility index (Phi) is 6.21. The predicted molar refractivity (Wildman–Crippen MR) is 136 cm³/mol. The van der Waals surface area contributed by atoms with E-state index < -0.39 is 0 Å². The second kappa shape index (κ2) is 9.96. The number of hydrogen-bond acceptors (Lipinski definition) is 8. The van der Waals surface area contributed by atoms with Gasteiger partial charge in [0.25, 0.3) is 11.8 Å². The quantitative estimate of drug-likeness (QED) is 0.413. The normalized spacial score (nSPS) is 15.8. The lowest BCUT2D eigenvalue weighted by Crippen LogP contribution is -2.48. The number of nitrogens with zero attached hydrogens (tertiary/aromatic N) is 5. The van der Waals surface area contributed by atoms with Gasteiger partial charge in [-0.2, -0.15) is 9.61 Å². The largest absolute Gasteiger partial charge is 0.378 e. The van der Waals surface area contributed by atoms with Gasteiger partial charge in [0.15, 0.2) is 11.3 Å². The number of benzene rings is 1. The summed E-state index contributed by atoms with van der Waals surface area (Å²) in [5.74, 6) is 0.318. The molecule has 11 nitrogen and oxygen atoms in total. The number of carbonyl (C=O) groups excluding carboxylic acids is 2. The molecule has 0 bridgehead atoms. The Balaban J connectivity index is 1.35. The van der Waals surface area contributed by atoms with E-state index >= 15 is 0 Å². The Hall–Kier alpha value is -4.35. The zero-order chi connectivity index (χ0) is 25.2. The van der Waals surface area contributed by atoms with Gasteiger partial charge in [0, 0.05) is 48.9 Å². The maximum Gasteiger partial charge on any atom is 0.272 e. The molecule has 2 aliphatic rings. The zero-order valence-corrected chi connectivity index (χ0v) is 20.0. The predicted octanol–water partition coefficient (Wildman–Crippen LogP) is 2.01. The van der Waals surface area contributed by atoms with Gasteiger partial charge in [-0.05, 0) is 24.3 Å². The average molecular weight is 500 g/mol. The molecular formula is C26H25N7O4. The van der Waals surface area contributed by atoms with Crippen LogP contribution in [-0.4, -0.2) is 77.0 Å². The fourth-order valence-corrected chi connectivity index (χ4v) is 4.27. The number of ether oxygens (including phenoxy) is 2. The van der Waals surface area contributed by atoms with E-state index in [2.05, 4.69) is 25.6 Å². The maximum atomic E-state index is 12.8. The van der Waals surface area contributed by atoms with Gasteiger partial charge in [-0.25, -0.2) is 4.98 Å². The summed E-state index contributed by atoms with van der Waals surface area (Å²) in [4.78, 5) is 36.4. The Bertz CT molecular complexity index is 1450. The lowest BCUT2D eigenvalue weighted by molar-refractivity contribution is -0.00355. The summed E-state index contributed by atoms with van der Waals surface area (Å²) >= 11 is 0. The molecule has 4 aromatic rings. The monoisotopic (exact) mass is 499 g/mol. The third kappa shape index (κ3) is 4.86. The summed E-state index contributed by atoms with van der Waals surface area (Å²) in [6.07, 6.45) is 3.15. The number of aromatic nitrogens is 4. The van der Waals surface area contributed by atoms with E-state index in [1.165, 1.54) is 6.20 Å². The van der Waals surface area contributed by atoms with Crippen LogP contribution in [0.1, 0.15) is 20.8 Å². The summed E-state index contributed by atoms with van der Waals surface area (Å²) in [6, 6.07) is 14.6. The number of carbonyl (C=O) groups is 2. The van der Waals surface area contributed by atoms with Gasteiger partial charge in [-0.1, -0.05) is 12.1 Å². The van der Waals surface area contributed by atoms with Crippen LogP contribution in [0.3, 0.4) is 0 Å². The molecule has 2 saturated heterocycles. The van der Waals surface area contributed by atoms with Crippen LogP contribution in [0.15, 0.2) is 60.9 Å². The summed E-state index contributed by atoms with van der Waals surface area (Å²) in [6.45, 7) is 3.61. The number of rotatable bonds is 6. The minimum Gasteiger partial charge on any atom is -0.378 e. The zero-order valence-electron chi connectivity index (χ0n) is 20.0. The number of hydrogen-bond donors (Lipinski definition) is 2. The molecule has 5 heterocycles. The first-order valence-electron chi connectivity index (χ1n) is 12.1. The van der Waals surface area contributed by atoms with E-state index in [9.17, 15) is 9.59 Å². The van der Waals surface area contributed by atoms with Gasteiger partial charge in [0.2, 0.25) is 0 Å².